The van der Waals surface area contributed by atoms with E-state index in [4.69, 9.17) is 11.6 Å². The van der Waals surface area contributed by atoms with Crippen LogP contribution < -0.4 is 10.9 Å². The van der Waals surface area contributed by atoms with Gasteiger partial charge in [-0.15, -0.1) is 0 Å². The molecule has 134 valence electrons. The fourth-order valence-electron chi connectivity index (χ4n) is 2.18. The Labute approximate surface area is 147 Å². The molecule has 0 bridgehead atoms. The monoisotopic (exact) mass is 372 g/mol. The summed E-state index contributed by atoms with van der Waals surface area (Å²) < 4.78 is 39.0. The first-order valence-electron chi connectivity index (χ1n) is 7.45. The first-order chi connectivity index (χ1) is 11.6. The topological polar surface area (TPSA) is 51.1 Å². The molecule has 0 fully saturated rings. The largest absolute Gasteiger partial charge is 0.417 e. The molecule has 0 aliphatic heterocycles. The van der Waals surface area contributed by atoms with E-state index < -0.39 is 34.8 Å². The minimum Gasteiger partial charge on any atom is -0.325 e. The Balaban J connectivity index is 2.17. The molecule has 0 atom stereocenters. The van der Waals surface area contributed by atoms with Crippen molar-refractivity contribution in [2.45, 2.75) is 32.5 Å². The number of carbonyl (C=O) groups is 1. The van der Waals surface area contributed by atoms with Crippen LogP contribution in [0, 0.1) is 0 Å². The number of hydrogen-bond donors (Lipinski definition) is 1. The summed E-state index contributed by atoms with van der Waals surface area (Å²) in [7, 11) is 0. The zero-order chi connectivity index (χ0) is 18.8. The molecule has 0 saturated carbocycles. The summed E-state index contributed by atoms with van der Waals surface area (Å²) >= 11 is 5.55. The van der Waals surface area contributed by atoms with Gasteiger partial charge in [0, 0.05) is 11.9 Å². The molecule has 0 radical (unpaired) electrons. The Bertz CT molecular complexity index is 827. The van der Waals surface area contributed by atoms with Crippen LogP contribution in [-0.2, 0) is 17.5 Å². The second-order valence-corrected chi connectivity index (χ2v) is 6.24. The van der Waals surface area contributed by atoms with Crippen molar-refractivity contribution >= 4 is 23.2 Å². The quantitative estimate of drug-likeness (QED) is 0.870. The first-order valence-corrected chi connectivity index (χ1v) is 7.82. The predicted octanol–water partition coefficient (Wildman–Crippen LogP) is 4.28. The molecular formula is C17H16ClF3N2O2. The summed E-state index contributed by atoms with van der Waals surface area (Å²) in [6, 6.07) is 7.61. The molecule has 1 N–H and O–H groups in total. The molecule has 2 rings (SSSR count). The smallest absolute Gasteiger partial charge is 0.325 e. The van der Waals surface area contributed by atoms with E-state index in [0.29, 0.717) is 28.4 Å². The Morgan fingerprint density at radius 1 is 1.24 bits per heavy atom. The summed E-state index contributed by atoms with van der Waals surface area (Å²) in [6.45, 7) is 3.48. The maximum Gasteiger partial charge on any atom is 0.417 e. The van der Waals surface area contributed by atoms with Crippen molar-refractivity contribution in [3.05, 3.63) is 63.0 Å². The summed E-state index contributed by atoms with van der Waals surface area (Å²) in [6.07, 6.45) is -4.09. The van der Waals surface area contributed by atoms with Crippen LogP contribution in [0.4, 0.5) is 18.9 Å². The van der Waals surface area contributed by atoms with Crippen molar-refractivity contribution in [1.29, 1.82) is 0 Å². The lowest BCUT2D eigenvalue weighted by Gasteiger charge is -2.12. The third kappa shape index (κ3) is 4.85. The molecule has 1 aromatic carbocycles. The van der Waals surface area contributed by atoms with E-state index in [2.05, 4.69) is 5.32 Å². The molecule has 1 aromatic heterocycles. The molecule has 4 nitrogen and oxygen atoms in total. The van der Waals surface area contributed by atoms with Gasteiger partial charge in [0.05, 0.1) is 5.56 Å². The van der Waals surface area contributed by atoms with Gasteiger partial charge >= 0.3 is 6.18 Å². The highest BCUT2D eigenvalue weighted by Gasteiger charge is 2.32. The van der Waals surface area contributed by atoms with Gasteiger partial charge in [0.2, 0.25) is 5.91 Å². The first kappa shape index (κ1) is 19.1. The Kier molecular flexibility index (Phi) is 5.57. The van der Waals surface area contributed by atoms with Crippen LogP contribution in [0.5, 0.6) is 0 Å². The van der Waals surface area contributed by atoms with Crippen molar-refractivity contribution < 1.29 is 18.0 Å². The number of aromatic nitrogens is 1. The van der Waals surface area contributed by atoms with Crippen molar-refractivity contribution in [3.63, 3.8) is 0 Å². The van der Waals surface area contributed by atoms with Crippen LogP contribution in [0.3, 0.4) is 0 Å². The van der Waals surface area contributed by atoms with Gasteiger partial charge < -0.3 is 9.88 Å². The third-order valence-corrected chi connectivity index (χ3v) is 3.82. The number of hydrogen-bond acceptors (Lipinski definition) is 2. The van der Waals surface area contributed by atoms with Gasteiger partial charge in [-0.25, -0.2) is 0 Å². The average Bonchev–Trinajstić information content (AvgIpc) is 2.51. The van der Waals surface area contributed by atoms with Gasteiger partial charge in [0.15, 0.2) is 0 Å². The normalized spacial score (nSPS) is 11.6. The van der Waals surface area contributed by atoms with E-state index >= 15 is 0 Å². The van der Waals surface area contributed by atoms with E-state index in [-0.39, 0.29) is 0 Å². The second kappa shape index (κ2) is 7.31. The van der Waals surface area contributed by atoms with Gasteiger partial charge in [0.1, 0.15) is 11.6 Å². The number of nitrogens with zero attached hydrogens (tertiary/aromatic N) is 1. The second-order valence-electron chi connectivity index (χ2n) is 5.83. The molecular weight excluding hydrogens is 357 g/mol. The van der Waals surface area contributed by atoms with Crippen LogP contribution in [0.1, 0.15) is 30.9 Å². The van der Waals surface area contributed by atoms with E-state index in [1.807, 2.05) is 26.0 Å². The van der Waals surface area contributed by atoms with Crippen molar-refractivity contribution in [2.75, 3.05) is 5.32 Å². The zero-order valence-corrected chi connectivity index (χ0v) is 14.3. The van der Waals surface area contributed by atoms with Crippen molar-refractivity contribution in [1.82, 2.24) is 4.57 Å². The average molecular weight is 373 g/mol. The van der Waals surface area contributed by atoms with Gasteiger partial charge in [-0.3, -0.25) is 9.59 Å². The molecule has 2 aromatic rings. The molecule has 1 heterocycles. The molecule has 8 heteroatoms. The van der Waals surface area contributed by atoms with Gasteiger partial charge in [-0.05, 0) is 29.7 Å². The number of pyridine rings is 1. The molecule has 0 aliphatic rings. The van der Waals surface area contributed by atoms with Gasteiger partial charge in [-0.2, -0.15) is 13.2 Å². The van der Waals surface area contributed by atoms with Crippen LogP contribution in [0.25, 0.3) is 0 Å². The number of alkyl halides is 3. The number of halogens is 4. The summed E-state index contributed by atoms with van der Waals surface area (Å²) in [5.41, 5.74) is -0.384. The lowest BCUT2D eigenvalue weighted by Crippen LogP contribution is -2.29. The van der Waals surface area contributed by atoms with Gasteiger partial charge in [0.25, 0.3) is 5.56 Å². The molecule has 0 unspecified atom stereocenters. The summed E-state index contributed by atoms with van der Waals surface area (Å²) in [5, 5.41) is 1.94. The predicted molar refractivity (Wildman–Crippen MR) is 89.9 cm³/mol. The van der Waals surface area contributed by atoms with Crippen molar-refractivity contribution in [3.8, 4) is 0 Å². The van der Waals surface area contributed by atoms with Crippen LogP contribution in [-0.4, -0.2) is 10.5 Å². The molecule has 0 spiro atoms. The highest BCUT2D eigenvalue weighted by atomic mass is 35.5. The fourth-order valence-corrected chi connectivity index (χ4v) is 2.40. The summed E-state index contributed by atoms with van der Waals surface area (Å²) in [4.78, 5) is 23.9. The van der Waals surface area contributed by atoms with Crippen LogP contribution >= 0.6 is 11.6 Å². The maximum absolute atomic E-state index is 12.8. The number of benzene rings is 1. The minimum absolute atomic E-state index is 0.329. The number of amides is 1. The lowest BCUT2D eigenvalue weighted by atomic mass is 10.0. The minimum atomic E-state index is -4.66. The van der Waals surface area contributed by atoms with E-state index in [1.165, 1.54) is 0 Å². The standard InChI is InChI=1S/C17H16ClF3N2O2/c1-10(2)11-3-5-13(6-4-11)22-15(24)9-23-8-12(17(19,20)21)7-14(18)16(23)25/h3-8,10H,9H2,1-2H3,(H,22,24). The highest BCUT2D eigenvalue weighted by molar-refractivity contribution is 6.30. The SMILES string of the molecule is CC(C)c1ccc(NC(=O)Cn2cc(C(F)(F)F)cc(Cl)c2=O)cc1. The molecule has 0 aliphatic carbocycles. The maximum atomic E-state index is 12.8. The Morgan fingerprint density at radius 2 is 1.84 bits per heavy atom. The lowest BCUT2D eigenvalue weighted by molar-refractivity contribution is -0.138. The fraction of sp³-hybridized carbons (Fsp3) is 0.294. The molecule has 1 amide bonds. The number of rotatable bonds is 4. The molecule has 25 heavy (non-hydrogen) atoms. The number of carbonyl (C=O) groups excluding carboxylic acids is 1. The highest BCUT2D eigenvalue weighted by Crippen LogP contribution is 2.29. The van der Waals surface area contributed by atoms with E-state index in [0.717, 1.165) is 5.56 Å². The number of anilines is 1. The van der Waals surface area contributed by atoms with E-state index in [1.54, 1.807) is 12.1 Å². The van der Waals surface area contributed by atoms with Gasteiger partial charge in [-0.1, -0.05) is 37.6 Å². The Hall–Kier alpha value is -2.28. The Morgan fingerprint density at radius 3 is 2.36 bits per heavy atom. The molecule has 0 saturated heterocycles. The van der Waals surface area contributed by atoms with Crippen LogP contribution in [0.2, 0.25) is 5.02 Å². The zero-order valence-electron chi connectivity index (χ0n) is 13.5. The summed E-state index contributed by atoms with van der Waals surface area (Å²) in [5.74, 6) is -0.301. The van der Waals surface area contributed by atoms with E-state index in [9.17, 15) is 22.8 Å². The van der Waals surface area contributed by atoms with Crippen LogP contribution in [0.15, 0.2) is 41.3 Å². The number of nitrogens with one attached hydrogen (secondary N) is 1. The van der Waals surface area contributed by atoms with Crippen molar-refractivity contribution in [2.24, 2.45) is 0 Å². The third-order valence-electron chi connectivity index (χ3n) is 3.54.